The number of aliphatic hydroxyl groups is 1. The largest absolute Gasteiger partial charge is 0.487 e. The standard InChI is InChI=1S/C28H32F3N3O5/c29-28(30,31)16-6-8-18(9-7-16)33-27(37)34-19-10-11-23-21(12-19)22-13-20(38-24(15-35)26(22)39-23)14-25(36)32-17-4-2-1-3-5-17/h6-12,17,20,22,24,26,35H,1-5,13-15H2,(H,32,36)(H2,33,34,37)/t20-,22+,24-,26-/m1/s1. The smallest absolute Gasteiger partial charge is 0.416 e. The number of hydrogen-bond acceptors (Lipinski definition) is 5. The summed E-state index contributed by atoms with van der Waals surface area (Å²) in [6.07, 6.45) is 0.279. The quantitative estimate of drug-likeness (QED) is 0.399. The molecule has 2 heterocycles. The fourth-order valence-corrected chi connectivity index (χ4v) is 5.74. The molecule has 3 amide bonds. The van der Waals surface area contributed by atoms with Gasteiger partial charge in [0.25, 0.3) is 0 Å². The zero-order chi connectivity index (χ0) is 27.6. The van der Waals surface area contributed by atoms with E-state index in [1.807, 2.05) is 0 Å². The Balaban J connectivity index is 1.22. The van der Waals surface area contributed by atoms with Crippen LogP contribution in [-0.2, 0) is 15.7 Å². The maximum atomic E-state index is 12.8. The molecule has 210 valence electrons. The number of aliphatic hydroxyl groups excluding tert-OH is 1. The number of benzene rings is 2. The second-order valence-electron chi connectivity index (χ2n) is 10.4. The highest BCUT2D eigenvalue weighted by Gasteiger charge is 2.46. The molecule has 4 atom stereocenters. The normalized spacial score (nSPS) is 24.7. The summed E-state index contributed by atoms with van der Waals surface area (Å²) < 4.78 is 50.4. The molecule has 0 radical (unpaired) electrons. The van der Waals surface area contributed by atoms with Crippen molar-refractivity contribution in [1.29, 1.82) is 0 Å². The van der Waals surface area contributed by atoms with Gasteiger partial charge in [0.15, 0.2) is 0 Å². The van der Waals surface area contributed by atoms with E-state index in [1.165, 1.54) is 18.6 Å². The van der Waals surface area contributed by atoms with Gasteiger partial charge in [0.2, 0.25) is 5.91 Å². The summed E-state index contributed by atoms with van der Waals surface area (Å²) in [4.78, 5) is 25.2. The van der Waals surface area contributed by atoms with Crippen molar-refractivity contribution in [3.05, 3.63) is 53.6 Å². The average molecular weight is 548 g/mol. The third-order valence-electron chi connectivity index (χ3n) is 7.61. The number of urea groups is 1. The lowest BCUT2D eigenvalue weighted by atomic mass is 9.84. The van der Waals surface area contributed by atoms with Crippen molar-refractivity contribution in [2.24, 2.45) is 0 Å². The van der Waals surface area contributed by atoms with E-state index in [-0.39, 0.29) is 42.7 Å². The van der Waals surface area contributed by atoms with Gasteiger partial charge in [-0.1, -0.05) is 19.3 Å². The van der Waals surface area contributed by atoms with Crippen LogP contribution in [0.15, 0.2) is 42.5 Å². The third kappa shape index (κ3) is 6.47. The van der Waals surface area contributed by atoms with E-state index in [2.05, 4.69) is 16.0 Å². The maximum absolute atomic E-state index is 12.8. The molecule has 2 fully saturated rings. The van der Waals surface area contributed by atoms with Crippen LogP contribution in [0.25, 0.3) is 0 Å². The maximum Gasteiger partial charge on any atom is 0.416 e. The van der Waals surface area contributed by atoms with E-state index in [0.717, 1.165) is 43.4 Å². The van der Waals surface area contributed by atoms with E-state index in [4.69, 9.17) is 9.47 Å². The number of carbonyl (C=O) groups is 2. The molecule has 2 aromatic carbocycles. The average Bonchev–Trinajstić information content (AvgIpc) is 3.26. The minimum Gasteiger partial charge on any atom is -0.487 e. The number of ether oxygens (including phenoxy) is 2. The molecular weight excluding hydrogens is 515 g/mol. The second kappa shape index (κ2) is 11.4. The predicted octanol–water partition coefficient (Wildman–Crippen LogP) is 5.18. The Morgan fingerprint density at radius 2 is 1.67 bits per heavy atom. The van der Waals surface area contributed by atoms with Crippen LogP contribution in [-0.4, -0.2) is 48.0 Å². The summed E-state index contributed by atoms with van der Waals surface area (Å²) in [5, 5.41) is 18.3. The Labute approximate surface area is 224 Å². The van der Waals surface area contributed by atoms with E-state index >= 15 is 0 Å². The first-order chi connectivity index (χ1) is 18.7. The van der Waals surface area contributed by atoms with Crippen LogP contribution in [0, 0.1) is 0 Å². The molecule has 0 aromatic heterocycles. The van der Waals surface area contributed by atoms with E-state index < -0.39 is 30.0 Å². The summed E-state index contributed by atoms with van der Waals surface area (Å²) in [6, 6.07) is 8.93. The van der Waals surface area contributed by atoms with Crippen LogP contribution in [0.2, 0.25) is 0 Å². The number of hydrogen-bond donors (Lipinski definition) is 4. The Kier molecular flexibility index (Phi) is 7.99. The van der Waals surface area contributed by atoms with Gasteiger partial charge in [-0.25, -0.2) is 4.79 Å². The van der Waals surface area contributed by atoms with Crippen molar-refractivity contribution in [3.8, 4) is 5.75 Å². The van der Waals surface area contributed by atoms with Gasteiger partial charge in [0, 0.05) is 28.9 Å². The molecule has 1 saturated heterocycles. The van der Waals surface area contributed by atoms with Gasteiger partial charge >= 0.3 is 12.2 Å². The molecule has 1 aliphatic carbocycles. The number of halogens is 3. The summed E-state index contributed by atoms with van der Waals surface area (Å²) in [5.74, 6) is 0.419. The van der Waals surface area contributed by atoms with E-state index in [1.54, 1.807) is 18.2 Å². The lowest BCUT2D eigenvalue weighted by molar-refractivity contribution is -0.143. The highest BCUT2D eigenvalue weighted by molar-refractivity contribution is 5.99. The Morgan fingerprint density at radius 3 is 2.36 bits per heavy atom. The van der Waals surface area contributed by atoms with E-state index in [0.29, 0.717) is 17.9 Å². The molecule has 2 aromatic rings. The topological polar surface area (TPSA) is 109 Å². The zero-order valence-electron chi connectivity index (χ0n) is 21.3. The Morgan fingerprint density at radius 1 is 0.974 bits per heavy atom. The zero-order valence-corrected chi connectivity index (χ0v) is 21.3. The SMILES string of the molecule is O=C(C[C@H]1C[C@H]2c3cc(NC(=O)Nc4ccc(C(F)(F)F)cc4)ccc3O[C@H]2[C@@H](CO)O1)NC1CCCCC1. The molecule has 0 unspecified atom stereocenters. The molecule has 3 aliphatic rings. The molecule has 4 N–H and O–H groups in total. The monoisotopic (exact) mass is 547 g/mol. The highest BCUT2D eigenvalue weighted by atomic mass is 19.4. The first-order valence-corrected chi connectivity index (χ1v) is 13.3. The number of fused-ring (bicyclic) bond motifs is 3. The Hall–Kier alpha value is -3.31. The van der Waals surface area contributed by atoms with Crippen LogP contribution < -0.4 is 20.7 Å². The van der Waals surface area contributed by atoms with Crippen molar-refractivity contribution in [2.45, 2.75) is 81.4 Å². The molecule has 39 heavy (non-hydrogen) atoms. The van der Waals surface area contributed by atoms with Crippen LogP contribution >= 0.6 is 0 Å². The predicted molar refractivity (Wildman–Crippen MR) is 138 cm³/mol. The van der Waals surface area contributed by atoms with Gasteiger partial charge in [0.1, 0.15) is 18.0 Å². The number of nitrogens with one attached hydrogen (secondary N) is 3. The minimum atomic E-state index is -4.46. The number of anilines is 2. The molecular formula is C28H32F3N3O5. The molecule has 5 rings (SSSR count). The first kappa shape index (κ1) is 27.3. The molecule has 0 bridgehead atoms. The molecule has 0 spiro atoms. The minimum absolute atomic E-state index is 0.0588. The lowest BCUT2D eigenvalue weighted by Gasteiger charge is -2.37. The number of alkyl halides is 3. The van der Waals surface area contributed by atoms with Crippen molar-refractivity contribution < 1.29 is 37.3 Å². The third-order valence-corrected chi connectivity index (χ3v) is 7.61. The Bertz CT molecular complexity index is 1180. The molecule has 11 heteroatoms. The molecule has 8 nitrogen and oxygen atoms in total. The summed E-state index contributed by atoms with van der Waals surface area (Å²) in [7, 11) is 0. The van der Waals surface area contributed by atoms with Crippen molar-refractivity contribution in [2.75, 3.05) is 17.2 Å². The van der Waals surface area contributed by atoms with Gasteiger partial charge in [0.05, 0.1) is 24.7 Å². The van der Waals surface area contributed by atoms with Gasteiger partial charge in [-0.15, -0.1) is 0 Å². The fourth-order valence-electron chi connectivity index (χ4n) is 5.74. The second-order valence-corrected chi connectivity index (χ2v) is 10.4. The highest BCUT2D eigenvalue weighted by Crippen LogP contribution is 2.47. The summed E-state index contributed by atoms with van der Waals surface area (Å²) >= 11 is 0. The molecule has 2 aliphatic heterocycles. The van der Waals surface area contributed by atoms with Crippen molar-refractivity contribution in [3.63, 3.8) is 0 Å². The first-order valence-electron chi connectivity index (χ1n) is 13.3. The lowest BCUT2D eigenvalue weighted by Crippen LogP contribution is -2.48. The van der Waals surface area contributed by atoms with Crippen LogP contribution in [0.4, 0.5) is 29.3 Å². The van der Waals surface area contributed by atoms with Gasteiger partial charge in [-0.2, -0.15) is 13.2 Å². The van der Waals surface area contributed by atoms with Crippen LogP contribution in [0.3, 0.4) is 0 Å². The number of amides is 3. The van der Waals surface area contributed by atoms with Crippen LogP contribution in [0.5, 0.6) is 5.75 Å². The van der Waals surface area contributed by atoms with Gasteiger partial charge in [-0.3, -0.25) is 4.79 Å². The number of carbonyl (C=O) groups excluding carboxylic acids is 2. The summed E-state index contributed by atoms with van der Waals surface area (Å²) in [6.45, 7) is -0.253. The van der Waals surface area contributed by atoms with E-state index in [9.17, 15) is 27.9 Å². The fraction of sp³-hybridized carbons (Fsp3) is 0.500. The van der Waals surface area contributed by atoms with Crippen LogP contribution in [0.1, 0.15) is 62.0 Å². The van der Waals surface area contributed by atoms with Gasteiger partial charge < -0.3 is 30.5 Å². The van der Waals surface area contributed by atoms with Crippen molar-refractivity contribution in [1.82, 2.24) is 5.32 Å². The summed E-state index contributed by atoms with van der Waals surface area (Å²) in [5.41, 5.74) is 0.728. The molecule has 1 saturated carbocycles. The number of rotatable bonds is 6. The van der Waals surface area contributed by atoms with Gasteiger partial charge in [-0.05, 0) is 61.7 Å². The van der Waals surface area contributed by atoms with Crippen molar-refractivity contribution >= 4 is 23.3 Å².